The number of nitro benzene ring substituents is 1. The minimum atomic E-state index is -0.459. The highest BCUT2D eigenvalue weighted by molar-refractivity contribution is 7.80. The van der Waals surface area contributed by atoms with Crippen LogP contribution in [0.5, 0.6) is 0 Å². The third-order valence-corrected chi connectivity index (χ3v) is 2.23. The monoisotopic (exact) mass is 212 g/mol. The van der Waals surface area contributed by atoms with Gasteiger partial charge < -0.3 is 5.73 Å². The van der Waals surface area contributed by atoms with Crippen LogP contribution < -0.4 is 5.73 Å². The molecule has 0 fully saturated rings. The highest BCUT2D eigenvalue weighted by Crippen LogP contribution is 2.22. The van der Waals surface area contributed by atoms with Crippen LogP contribution in [0.2, 0.25) is 0 Å². The predicted octanol–water partition coefficient (Wildman–Crippen LogP) is 2.04. The summed E-state index contributed by atoms with van der Waals surface area (Å²) in [6.07, 6.45) is 1.70. The van der Waals surface area contributed by atoms with Crippen molar-refractivity contribution in [1.29, 1.82) is 0 Å². The van der Waals surface area contributed by atoms with E-state index < -0.39 is 4.92 Å². The van der Waals surface area contributed by atoms with Gasteiger partial charge in [0.1, 0.15) is 5.69 Å². The molecule has 0 aliphatic carbocycles. The number of nitrogens with zero attached hydrogens (tertiary/aromatic N) is 1. The summed E-state index contributed by atoms with van der Waals surface area (Å²) in [6.45, 7) is 0. The van der Waals surface area contributed by atoms with Crippen LogP contribution in [0.4, 0.5) is 11.4 Å². The van der Waals surface area contributed by atoms with Crippen molar-refractivity contribution in [1.82, 2.24) is 0 Å². The maximum atomic E-state index is 10.6. The predicted molar refractivity (Wildman–Crippen MR) is 59.7 cm³/mol. The van der Waals surface area contributed by atoms with Gasteiger partial charge in [-0.15, -0.1) is 0 Å². The molecule has 1 aromatic carbocycles. The van der Waals surface area contributed by atoms with Gasteiger partial charge in [0.15, 0.2) is 0 Å². The number of rotatable bonds is 4. The molecule has 0 aliphatic rings. The quantitative estimate of drug-likeness (QED) is 0.347. The zero-order chi connectivity index (χ0) is 10.6. The molecular formula is C9H12N2O2S. The first-order valence-corrected chi connectivity index (χ1v) is 4.92. The molecule has 0 amide bonds. The molecule has 0 saturated carbocycles. The fraction of sp³-hybridized carbons (Fsp3) is 0.333. The Labute approximate surface area is 87.7 Å². The summed E-state index contributed by atoms with van der Waals surface area (Å²) in [5.74, 6) is 0.776. The summed E-state index contributed by atoms with van der Waals surface area (Å²) in [6, 6.07) is 4.91. The van der Waals surface area contributed by atoms with E-state index in [1.807, 2.05) is 6.07 Å². The van der Waals surface area contributed by atoms with E-state index in [4.69, 9.17) is 5.73 Å². The average Bonchev–Trinajstić information content (AvgIpc) is 2.16. The Bertz CT molecular complexity index is 342. The highest BCUT2D eigenvalue weighted by Gasteiger charge is 2.11. The lowest BCUT2D eigenvalue weighted by Crippen LogP contribution is -1.97. The summed E-state index contributed by atoms with van der Waals surface area (Å²) >= 11 is 4.08. The van der Waals surface area contributed by atoms with Gasteiger partial charge in [0.05, 0.1) is 4.92 Å². The number of anilines is 1. The molecule has 0 saturated heterocycles. The van der Waals surface area contributed by atoms with Crippen molar-refractivity contribution >= 4 is 24.0 Å². The number of hydrogen-bond acceptors (Lipinski definition) is 4. The molecular weight excluding hydrogens is 200 g/mol. The number of benzene rings is 1. The van der Waals surface area contributed by atoms with Gasteiger partial charge in [-0.05, 0) is 30.2 Å². The summed E-state index contributed by atoms with van der Waals surface area (Å²) in [7, 11) is 0. The molecule has 0 radical (unpaired) electrons. The van der Waals surface area contributed by atoms with Gasteiger partial charge in [-0.3, -0.25) is 10.1 Å². The van der Waals surface area contributed by atoms with Crippen molar-refractivity contribution in [2.45, 2.75) is 12.8 Å². The van der Waals surface area contributed by atoms with Crippen LogP contribution in [0.15, 0.2) is 18.2 Å². The summed E-state index contributed by atoms with van der Waals surface area (Å²) < 4.78 is 0. The maximum absolute atomic E-state index is 10.6. The highest BCUT2D eigenvalue weighted by atomic mass is 32.1. The molecule has 0 aromatic heterocycles. The summed E-state index contributed by atoms with van der Waals surface area (Å²) in [5.41, 5.74) is 6.59. The molecule has 4 nitrogen and oxygen atoms in total. The second-order valence-electron chi connectivity index (χ2n) is 2.98. The van der Waals surface area contributed by atoms with Crippen molar-refractivity contribution in [3.05, 3.63) is 33.9 Å². The third-order valence-electron chi connectivity index (χ3n) is 1.92. The van der Waals surface area contributed by atoms with Crippen LogP contribution in [-0.4, -0.2) is 10.7 Å². The van der Waals surface area contributed by atoms with E-state index in [0.717, 1.165) is 24.2 Å². The molecule has 76 valence electrons. The second-order valence-corrected chi connectivity index (χ2v) is 3.42. The molecule has 0 aliphatic heterocycles. The molecule has 2 N–H and O–H groups in total. The SMILES string of the molecule is Nc1ccc(CCCS)cc1[N+](=O)[O-]. The number of nitro groups is 1. The van der Waals surface area contributed by atoms with Crippen molar-refractivity contribution in [3.63, 3.8) is 0 Å². The van der Waals surface area contributed by atoms with Crippen molar-refractivity contribution in [2.24, 2.45) is 0 Å². The lowest BCUT2D eigenvalue weighted by atomic mass is 10.1. The molecule has 1 aromatic rings. The van der Waals surface area contributed by atoms with E-state index in [2.05, 4.69) is 12.6 Å². The van der Waals surface area contributed by atoms with Gasteiger partial charge in [0, 0.05) is 6.07 Å². The van der Waals surface area contributed by atoms with Crippen molar-refractivity contribution in [2.75, 3.05) is 11.5 Å². The lowest BCUT2D eigenvalue weighted by molar-refractivity contribution is -0.384. The van der Waals surface area contributed by atoms with Gasteiger partial charge in [-0.25, -0.2) is 0 Å². The number of aryl methyl sites for hydroxylation is 1. The number of thiol groups is 1. The van der Waals surface area contributed by atoms with Crippen LogP contribution in [0.3, 0.4) is 0 Å². The van der Waals surface area contributed by atoms with Crippen LogP contribution in [0.25, 0.3) is 0 Å². The second kappa shape index (κ2) is 4.85. The Morgan fingerprint density at radius 3 is 2.79 bits per heavy atom. The van der Waals surface area contributed by atoms with E-state index in [-0.39, 0.29) is 11.4 Å². The van der Waals surface area contributed by atoms with Gasteiger partial charge in [-0.2, -0.15) is 12.6 Å². The smallest absolute Gasteiger partial charge is 0.292 e. The standard InChI is InChI=1S/C9H12N2O2S/c10-8-4-3-7(2-1-5-14)6-9(8)11(12)13/h3-4,6,14H,1-2,5,10H2. The van der Waals surface area contributed by atoms with Gasteiger partial charge in [-0.1, -0.05) is 6.07 Å². The largest absolute Gasteiger partial charge is 0.393 e. The van der Waals surface area contributed by atoms with Crippen molar-refractivity contribution in [3.8, 4) is 0 Å². The lowest BCUT2D eigenvalue weighted by Gasteiger charge is -2.01. The average molecular weight is 212 g/mol. The van der Waals surface area contributed by atoms with E-state index in [1.54, 1.807) is 6.07 Å². The fourth-order valence-corrected chi connectivity index (χ4v) is 1.34. The summed E-state index contributed by atoms with van der Waals surface area (Å²) in [5, 5.41) is 10.6. The summed E-state index contributed by atoms with van der Waals surface area (Å²) in [4.78, 5) is 10.1. The van der Waals surface area contributed by atoms with E-state index in [9.17, 15) is 10.1 Å². The molecule has 0 atom stereocenters. The van der Waals surface area contributed by atoms with Crippen molar-refractivity contribution < 1.29 is 4.92 Å². The molecule has 0 unspecified atom stereocenters. The first-order valence-electron chi connectivity index (χ1n) is 4.29. The van der Waals surface area contributed by atoms with E-state index in [0.29, 0.717) is 0 Å². The van der Waals surface area contributed by atoms with Gasteiger partial charge >= 0.3 is 0 Å². The van der Waals surface area contributed by atoms with Gasteiger partial charge in [0.25, 0.3) is 5.69 Å². The fourth-order valence-electron chi connectivity index (χ4n) is 1.19. The zero-order valence-corrected chi connectivity index (χ0v) is 8.54. The van der Waals surface area contributed by atoms with E-state index >= 15 is 0 Å². The number of nitrogens with two attached hydrogens (primary N) is 1. The molecule has 0 bridgehead atoms. The van der Waals surface area contributed by atoms with Crippen LogP contribution in [0.1, 0.15) is 12.0 Å². The van der Waals surface area contributed by atoms with Crippen LogP contribution in [0, 0.1) is 10.1 Å². The number of hydrogen-bond donors (Lipinski definition) is 2. The van der Waals surface area contributed by atoms with E-state index in [1.165, 1.54) is 6.07 Å². The topological polar surface area (TPSA) is 69.2 Å². The molecule has 0 heterocycles. The first kappa shape index (κ1) is 10.8. The minimum absolute atomic E-state index is 0.0123. The Kier molecular flexibility index (Phi) is 3.76. The molecule has 14 heavy (non-hydrogen) atoms. The Morgan fingerprint density at radius 2 is 2.21 bits per heavy atom. The maximum Gasteiger partial charge on any atom is 0.292 e. The van der Waals surface area contributed by atoms with Gasteiger partial charge in [0.2, 0.25) is 0 Å². The normalized spacial score (nSPS) is 10.1. The molecule has 1 rings (SSSR count). The number of nitrogen functional groups attached to an aromatic ring is 1. The van der Waals surface area contributed by atoms with Crippen LogP contribution in [-0.2, 0) is 6.42 Å². The molecule has 5 heteroatoms. The Morgan fingerprint density at radius 1 is 1.50 bits per heavy atom. The third kappa shape index (κ3) is 2.63. The van der Waals surface area contributed by atoms with Crippen LogP contribution >= 0.6 is 12.6 Å². The Hall–Kier alpha value is -1.23. The first-order chi connectivity index (χ1) is 6.65. The zero-order valence-electron chi connectivity index (χ0n) is 7.64. The Balaban J connectivity index is 2.89. The molecule has 0 spiro atoms. The minimum Gasteiger partial charge on any atom is -0.393 e.